The third kappa shape index (κ3) is 1.73. The lowest BCUT2D eigenvalue weighted by Crippen LogP contribution is -2.18. The number of hydrogen-bond donors (Lipinski definition) is 1. The summed E-state index contributed by atoms with van der Waals surface area (Å²) in [6.45, 7) is 1.83. The Kier molecular flexibility index (Phi) is 2.82. The number of ether oxygens (including phenoxy) is 1. The van der Waals surface area contributed by atoms with Crippen molar-refractivity contribution in [2.24, 2.45) is 7.05 Å². The summed E-state index contributed by atoms with van der Waals surface area (Å²) in [6.07, 6.45) is 1.31. The van der Waals surface area contributed by atoms with E-state index in [1.807, 2.05) is 13.0 Å². The summed E-state index contributed by atoms with van der Waals surface area (Å²) in [5.41, 5.74) is 0.715. The number of methoxy groups -OCH3 is 1. The van der Waals surface area contributed by atoms with Gasteiger partial charge in [0.2, 0.25) is 5.43 Å². The lowest BCUT2D eigenvalue weighted by atomic mass is 10.1. The highest BCUT2D eigenvalue weighted by atomic mass is 16.5. The monoisotopic (exact) mass is 247 g/mol. The Hall–Kier alpha value is -2.30. The smallest absolute Gasteiger partial charge is 0.341 e. The van der Waals surface area contributed by atoms with Gasteiger partial charge in [-0.1, -0.05) is 0 Å². The molecule has 0 unspecified atom stereocenters. The number of benzene rings is 1. The van der Waals surface area contributed by atoms with Crippen molar-refractivity contribution < 1.29 is 14.6 Å². The Balaban J connectivity index is 3.02. The molecule has 5 nitrogen and oxygen atoms in total. The third-order valence-corrected chi connectivity index (χ3v) is 2.83. The molecule has 0 amide bonds. The molecule has 0 saturated heterocycles. The van der Waals surface area contributed by atoms with Crippen LogP contribution < -0.4 is 10.2 Å². The van der Waals surface area contributed by atoms with Crippen molar-refractivity contribution in [3.63, 3.8) is 0 Å². The molecule has 5 heteroatoms. The van der Waals surface area contributed by atoms with Gasteiger partial charge in [-0.05, 0) is 24.6 Å². The first-order valence-corrected chi connectivity index (χ1v) is 5.37. The highest BCUT2D eigenvalue weighted by Gasteiger charge is 2.16. The summed E-state index contributed by atoms with van der Waals surface area (Å²) < 4.78 is 6.83. The molecule has 1 N–H and O–H groups in total. The van der Waals surface area contributed by atoms with E-state index in [9.17, 15) is 9.59 Å². The summed E-state index contributed by atoms with van der Waals surface area (Å²) in [5.74, 6) is -0.667. The molecule has 0 bridgehead atoms. The van der Waals surface area contributed by atoms with Gasteiger partial charge >= 0.3 is 5.97 Å². The van der Waals surface area contributed by atoms with Crippen LogP contribution in [0.15, 0.2) is 23.1 Å². The summed E-state index contributed by atoms with van der Waals surface area (Å²) in [7, 11) is 3.20. The largest absolute Gasteiger partial charge is 0.495 e. The Morgan fingerprint density at radius 2 is 2.06 bits per heavy atom. The van der Waals surface area contributed by atoms with Gasteiger partial charge in [-0.25, -0.2) is 4.79 Å². The molecule has 0 fully saturated rings. The van der Waals surface area contributed by atoms with Gasteiger partial charge in [-0.3, -0.25) is 4.79 Å². The summed E-state index contributed by atoms with van der Waals surface area (Å²) in [5, 5.41) is 9.36. The van der Waals surface area contributed by atoms with Gasteiger partial charge in [-0.2, -0.15) is 0 Å². The number of carboxylic acids is 1. The number of hydrogen-bond acceptors (Lipinski definition) is 3. The van der Waals surface area contributed by atoms with Gasteiger partial charge in [0.1, 0.15) is 11.3 Å². The fourth-order valence-electron chi connectivity index (χ4n) is 2.05. The molecular formula is C13H13NO4. The van der Waals surface area contributed by atoms with Crippen molar-refractivity contribution in [2.75, 3.05) is 7.11 Å². The van der Waals surface area contributed by atoms with Crippen molar-refractivity contribution in [1.29, 1.82) is 0 Å². The SMILES string of the molecule is COc1cc(C)cc2c(=O)c(C(=O)O)cn(C)c12. The minimum Gasteiger partial charge on any atom is -0.495 e. The van der Waals surface area contributed by atoms with E-state index >= 15 is 0 Å². The van der Waals surface area contributed by atoms with Crippen LogP contribution in [0.2, 0.25) is 0 Å². The number of carbonyl (C=O) groups is 1. The first-order valence-electron chi connectivity index (χ1n) is 5.37. The fourth-order valence-corrected chi connectivity index (χ4v) is 2.05. The second-order valence-electron chi connectivity index (χ2n) is 4.15. The Labute approximate surface area is 103 Å². The second-order valence-corrected chi connectivity index (χ2v) is 4.15. The van der Waals surface area contributed by atoms with E-state index in [2.05, 4.69) is 0 Å². The van der Waals surface area contributed by atoms with Gasteiger partial charge in [0.05, 0.1) is 18.0 Å². The number of aromatic carboxylic acids is 1. The standard InChI is InChI=1S/C13H13NO4/c1-7-4-8-11(10(5-7)18-3)14(2)6-9(12(8)15)13(16)17/h4-6H,1-3H3,(H,16,17). The van der Waals surface area contributed by atoms with Crippen LogP contribution in [-0.4, -0.2) is 22.8 Å². The predicted octanol–water partition coefficient (Wildman–Crippen LogP) is 1.55. The van der Waals surface area contributed by atoms with Crippen LogP contribution in [-0.2, 0) is 7.05 Å². The van der Waals surface area contributed by atoms with E-state index in [0.717, 1.165) is 5.56 Å². The van der Waals surface area contributed by atoms with Gasteiger partial charge in [0.15, 0.2) is 0 Å². The second kappa shape index (κ2) is 4.18. The molecule has 0 aliphatic heterocycles. The molecule has 2 aromatic rings. The first kappa shape index (κ1) is 12.2. The summed E-state index contributed by atoms with van der Waals surface area (Å²) >= 11 is 0. The van der Waals surface area contributed by atoms with E-state index in [-0.39, 0.29) is 5.56 Å². The molecule has 94 valence electrons. The van der Waals surface area contributed by atoms with Crippen molar-refractivity contribution in [3.05, 3.63) is 39.7 Å². The number of aromatic nitrogens is 1. The molecule has 1 aromatic carbocycles. The average molecular weight is 247 g/mol. The Morgan fingerprint density at radius 1 is 1.39 bits per heavy atom. The fraction of sp³-hybridized carbons (Fsp3) is 0.231. The predicted molar refractivity (Wildman–Crippen MR) is 67.4 cm³/mol. The maximum Gasteiger partial charge on any atom is 0.341 e. The molecule has 0 saturated carbocycles. The van der Waals surface area contributed by atoms with Crippen LogP contribution in [0.1, 0.15) is 15.9 Å². The highest BCUT2D eigenvalue weighted by Crippen LogP contribution is 2.25. The molecule has 0 aliphatic carbocycles. The van der Waals surface area contributed by atoms with Crippen molar-refractivity contribution >= 4 is 16.9 Å². The van der Waals surface area contributed by atoms with Crippen LogP contribution >= 0.6 is 0 Å². The molecule has 1 aromatic heterocycles. The van der Waals surface area contributed by atoms with E-state index in [1.165, 1.54) is 13.3 Å². The maximum atomic E-state index is 12.1. The molecule has 0 aliphatic rings. The normalized spacial score (nSPS) is 10.6. The summed E-state index contributed by atoms with van der Waals surface area (Å²) in [6, 6.07) is 3.48. The Bertz CT molecular complexity index is 700. The van der Waals surface area contributed by atoms with Crippen LogP contribution in [0.5, 0.6) is 5.75 Å². The van der Waals surface area contributed by atoms with Gasteiger partial charge in [0.25, 0.3) is 0 Å². The topological polar surface area (TPSA) is 68.5 Å². The zero-order valence-corrected chi connectivity index (χ0v) is 10.4. The lowest BCUT2D eigenvalue weighted by molar-refractivity contribution is 0.0695. The average Bonchev–Trinajstić information content (AvgIpc) is 2.32. The maximum absolute atomic E-state index is 12.1. The van der Waals surface area contributed by atoms with E-state index in [0.29, 0.717) is 16.7 Å². The molecular weight excluding hydrogens is 234 g/mol. The number of carboxylic acid groups (broad SMARTS) is 1. The van der Waals surface area contributed by atoms with Crippen LogP contribution in [0.3, 0.4) is 0 Å². The highest BCUT2D eigenvalue weighted by molar-refractivity contribution is 5.94. The summed E-state index contributed by atoms with van der Waals surface area (Å²) in [4.78, 5) is 23.1. The molecule has 0 spiro atoms. The molecule has 1 heterocycles. The van der Waals surface area contributed by atoms with E-state index in [4.69, 9.17) is 9.84 Å². The minimum atomic E-state index is -1.22. The van der Waals surface area contributed by atoms with Crippen LogP contribution in [0, 0.1) is 6.92 Å². The van der Waals surface area contributed by atoms with Gasteiger partial charge < -0.3 is 14.4 Å². The zero-order valence-electron chi connectivity index (χ0n) is 10.4. The van der Waals surface area contributed by atoms with Crippen molar-refractivity contribution in [2.45, 2.75) is 6.92 Å². The quantitative estimate of drug-likeness (QED) is 0.874. The van der Waals surface area contributed by atoms with Crippen LogP contribution in [0.4, 0.5) is 0 Å². The minimum absolute atomic E-state index is 0.238. The van der Waals surface area contributed by atoms with Crippen LogP contribution in [0.25, 0.3) is 10.9 Å². The molecule has 0 atom stereocenters. The number of pyridine rings is 1. The number of fused-ring (bicyclic) bond motifs is 1. The first-order chi connectivity index (χ1) is 8.45. The van der Waals surface area contributed by atoms with Crippen molar-refractivity contribution in [1.82, 2.24) is 4.57 Å². The lowest BCUT2D eigenvalue weighted by Gasteiger charge is -2.12. The van der Waals surface area contributed by atoms with Gasteiger partial charge in [-0.15, -0.1) is 0 Å². The molecule has 2 rings (SSSR count). The van der Waals surface area contributed by atoms with Gasteiger partial charge in [0, 0.05) is 13.2 Å². The van der Waals surface area contributed by atoms with E-state index < -0.39 is 11.4 Å². The third-order valence-electron chi connectivity index (χ3n) is 2.83. The Morgan fingerprint density at radius 3 is 2.61 bits per heavy atom. The number of aryl methyl sites for hydroxylation is 2. The van der Waals surface area contributed by atoms with Crippen molar-refractivity contribution in [3.8, 4) is 5.75 Å². The molecule has 18 heavy (non-hydrogen) atoms. The zero-order chi connectivity index (χ0) is 13.4. The molecule has 0 radical (unpaired) electrons. The number of nitrogens with zero attached hydrogens (tertiary/aromatic N) is 1. The van der Waals surface area contributed by atoms with E-state index in [1.54, 1.807) is 17.7 Å². The number of rotatable bonds is 2.